The summed E-state index contributed by atoms with van der Waals surface area (Å²) in [6, 6.07) is 14.8. The van der Waals surface area contributed by atoms with Crippen LogP contribution in [0, 0.1) is 0 Å². The third kappa shape index (κ3) is 4.23. The molecule has 0 aliphatic carbocycles. The molecule has 0 bridgehead atoms. The van der Waals surface area contributed by atoms with E-state index in [0.29, 0.717) is 16.7 Å². The number of rotatable bonds is 5. The summed E-state index contributed by atoms with van der Waals surface area (Å²) in [5.74, 6) is -1.39. The Bertz CT molecular complexity index is 1110. The Labute approximate surface area is 176 Å². The third-order valence-corrected chi connectivity index (χ3v) is 5.19. The lowest BCUT2D eigenvalue weighted by Gasteiger charge is -2.22. The quantitative estimate of drug-likeness (QED) is 0.559. The zero-order chi connectivity index (χ0) is 22.1. The number of benzene rings is 3. The van der Waals surface area contributed by atoms with Crippen molar-refractivity contribution in [3.8, 4) is 16.9 Å². The molecule has 3 aromatic rings. The van der Waals surface area contributed by atoms with Crippen molar-refractivity contribution in [2.75, 3.05) is 20.7 Å². The first-order valence-corrected chi connectivity index (χ1v) is 9.29. The smallest absolute Gasteiger partial charge is 0.420 e. The van der Waals surface area contributed by atoms with Crippen LogP contribution in [-0.4, -0.2) is 41.7 Å². The fourth-order valence-corrected chi connectivity index (χ4v) is 3.57. The second kappa shape index (κ2) is 8.31. The number of carboxylic acid groups (broad SMARTS) is 1. The number of carboxylic acids is 1. The minimum atomic E-state index is -4.66. The van der Waals surface area contributed by atoms with Gasteiger partial charge in [-0.1, -0.05) is 42.5 Å². The molecule has 0 amide bonds. The van der Waals surface area contributed by atoms with E-state index in [4.69, 9.17) is 22.1 Å². The zero-order valence-electron chi connectivity index (χ0n) is 16.2. The number of ether oxygens (including phenoxy) is 1. The second-order valence-corrected chi connectivity index (χ2v) is 7.07. The van der Waals surface area contributed by atoms with Gasteiger partial charge in [0.25, 0.3) is 0 Å². The molecule has 4 nitrogen and oxygen atoms in total. The van der Waals surface area contributed by atoms with Crippen molar-refractivity contribution < 1.29 is 27.8 Å². The molecule has 8 heteroatoms. The molecule has 0 fully saturated rings. The fraction of sp³-hybridized carbons (Fsp3) is 0.182. The van der Waals surface area contributed by atoms with E-state index < -0.39 is 17.7 Å². The molecule has 0 saturated heterocycles. The van der Waals surface area contributed by atoms with Crippen molar-refractivity contribution in [2.45, 2.75) is 6.18 Å². The molecule has 0 unspecified atom stereocenters. The van der Waals surface area contributed by atoms with E-state index in [1.165, 1.54) is 37.3 Å². The number of thiocarbonyl (C=S) groups is 1. The largest absolute Gasteiger partial charge is 0.496 e. The summed E-state index contributed by atoms with van der Waals surface area (Å²) in [4.78, 5) is 12.6. The molecule has 156 valence electrons. The van der Waals surface area contributed by atoms with Crippen molar-refractivity contribution in [1.82, 2.24) is 4.90 Å². The van der Waals surface area contributed by atoms with Gasteiger partial charge < -0.3 is 14.7 Å². The Morgan fingerprint density at radius 1 is 1.07 bits per heavy atom. The van der Waals surface area contributed by atoms with Crippen LogP contribution in [0.2, 0.25) is 0 Å². The van der Waals surface area contributed by atoms with Crippen LogP contribution in [0.4, 0.5) is 13.2 Å². The summed E-state index contributed by atoms with van der Waals surface area (Å²) in [5, 5.41) is 9.28. The molecule has 0 aliphatic heterocycles. The molecule has 0 spiro atoms. The van der Waals surface area contributed by atoms with Crippen LogP contribution in [0.25, 0.3) is 21.9 Å². The Kier molecular flexibility index (Phi) is 5.98. The molecule has 0 atom stereocenters. The van der Waals surface area contributed by atoms with Gasteiger partial charge in [0.15, 0.2) is 0 Å². The van der Waals surface area contributed by atoms with Gasteiger partial charge in [0.2, 0.25) is 0 Å². The molecule has 0 radical (unpaired) electrons. The number of methoxy groups -OCH3 is 1. The lowest BCUT2D eigenvalue weighted by Crippen LogP contribution is -2.31. The second-order valence-electron chi connectivity index (χ2n) is 6.68. The molecule has 0 aromatic heterocycles. The van der Waals surface area contributed by atoms with Gasteiger partial charge in [0.1, 0.15) is 22.8 Å². The van der Waals surface area contributed by atoms with Crippen molar-refractivity contribution in [1.29, 1.82) is 0 Å². The number of fused-ring (bicyclic) bond motifs is 1. The van der Waals surface area contributed by atoms with Crippen LogP contribution in [0.15, 0.2) is 54.6 Å². The number of nitrogens with zero attached hydrogens (tertiary/aromatic N) is 1. The lowest BCUT2D eigenvalue weighted by atomic mass is 9.93. The molecule has 0 aliphatic rings. The molecule has 1 N–H and O–H groups in total. The van der Waals surface area contributed by atoms with Crippen LogP contribution in [0.5, 0.6) is 5.75 Å². The highest BCUT2D eigenvalue weighted by Crippen LogP contribution is 2.43. The highest BCUT2D eigenvalue weighted by atomic mass is 32.1. The van der Waals surface area contributed by atoms with Gasteiger partial charge in [-0.05, 0) is 46.2 Å². The molecular formula is C22H18F3NO3S. The molecule has 3 rings (SSSR count). The van der Waals surface area contributed by atoms with Crippen LogP contribution in [0.1, 0.15) is 11.1 Å². The third-order valence-electron chi connectivity index (χ3n) is 4.66. The average Bonchev–Trinajstić information content (AvgIpc) is 2.70. The summed E-state index contributed by atoms with van der Waals surface area (Å²) in [7, 11) is 2.68. The van der Waals surface area contributed by atoms with Gasteiger partial charge >= 0.3 is 12.1 Å². The predicted octanol–water partition coefficient (Wildman–Crippen LogP) is 5.23. The van der Waals surface area contributed by atoms with Gasteiger partial charge in [-0.2, -0.15) is 13.2 Å². The van der Waals surface area contributed by atoms with Gasteiger partial charge in [-0.25, -0.2) is 0 Å². The van der Waals surface area contributed by atoms with E-state index in [1.54, 1.807) is 36.4 Å². The molecule has 0 heterocycles. The van der Waals surface area contributed by atoms with Crippen molar-refractivity contribution >= 4 is 33.9 Å². The predicted molar refractivity (Wildman–Crippen MR) is 113 cm³/mol. The standard InChI is InChI=1S/C22H18F3NO3S/c1-26(12-19(27)28)21(30)17-11-14(13-6-4-3-5-7-13)10-16-15(17)8-9-18(29-2)20(16)22(23,24)25/h3-11H,12H2,1-2H3,(H,27,28). The minimum Gasteiger partial charge on any atom is -0.496 e. The maximum atomic E-state index is 14.0. The number of aliphatic carboxylic acids is 1. The Hall–Kier alpha value is -3.13. The number of hydrogen-bond acceptors (Lipinski definition) is 3. The monoisotopic (exact) mass is 433 g/mol. The lowest BCUT2D eigenvalue weighted by molar-refractivity contribution is -0.138. The summed E-state index contributed by atoms with van der Waals surface area (Å²) < 4.78 is 46.9. The molecule has 0 saturated carbocycles. The first kappa shape index (κ1) is 21.6. The van der Waals surface area contributed by atoms with Crippen LogP contribution >= 0.6 is 12.2 Å². The van der Waals surface area contributed by atoms with Crippen molar-refractivity contribution in [3.05, 3.63) is 65.7 Å². The normalized spacial score (nSPS) is 11.4. The van der Waals surface area contributed by atoms with E-state index in [0.717, 1.165) is 0 Å². The van der Waals surface area contributed by atoms with Gasteiger partial charge in [-0.15, -0.1) is 0 Å². The first-order chi connectivity index (χ1) is 14.1. The molecular weight excluding hydrogens is 415 g/mol. The maximum absolute atomic E-state index is 14.0. The van der Waals surface area contributed by atoms with Crippen molar-refractivity contribution in [3.63, 3.8) is 0 Å². The average molecular weight is 433 g/mol. The number of hydrogen-bond donors (Lipinski definition) is 1. The maximum Gasteiger partial charge on any atom is 0.420 e. The number of likely N-dealkylation sites (N-methyl/N-ethyl adjacent to an activating group) is 1. The number of halogens is 3. The summed E-state index contributed by atoms with van der Waals surface area (Å²) >= 11 is 5.45. The van der Waals surface area contributed by atoms with Gasteiger partial charge in [0, 0.05) is 12.6 Å². The fourth-order valence-electron chi connectivity index (χ4n) is 3.33. The Balaban J connectivity index is 2.37. The number of alkyl halides is 3. The first-order valence-electron chi connectivity index (χ1n) is 8.88. The molecule has 3 aromatic carbocycles. The number of carbonyl (C=O) groups is 1. The van der Waals surface area contributed by atoms with Crippen LogP contribution < -0.4 is 4.74 Å². The van der Waals surface area contributed by atoms with E-state index in [2.05, 4.69) is 0 Å². The van der Waals surface area contributed by atoms with Crippen LogP contribution in [0.3, 0.4) is 0 Å². The Morgan fingerprint density at radius 3 is 2.30 bits per heavy atom. The van der Waals surface area contributed by atoms with Gasteiger partial charge in [-0.3, -0.25) is 4.79 Å². The zero-order valence-corrected chi connectivity index (χ0v) is 17.0. The summed E-state index contributed by atoms with van der Waals surface area (Å²) in [6.45, 7) is -0.377. The summed E-state index contributed by atoms with van der Waals surface area (Å²) in [5.41, 5.74) is 0.687. The molecule has 30 heavy (non-hydrogen) atoms. The van der Waals surface area contributed by atoms with Crippen LogP contribution in [-0.2, 0) is 11.0 Å². The van der Waals surface area contributed by atoms with E-state index >= 15 is 0 Å². The minimum absolute atomic E-state index is 0.0655. The topological polar surface area (TPSA) is 49.8 Å². The van der Waals surface area contributed by atoms with E-state index in [9.17, 15) is 18.0 Å². The highest BCUT2D eigenvalue weighted by molar-refractivity contribution is 7.80. The van der Waals surface area contributed by atoms with E-state index in [-0.39, 0.29) is 28.1 Å². The van der Waals surface area contributed by atoms with Gasteiger partial charge in [0.05, 0.1) is 7.11 Å². The van der Waals surface area contributed by atoms with Crippen molar-refractivity contribution in [2.24, 2.45) is 0 Å². The SMILES string of the molecule is COc1ccc2c(C(=S)N(C)CC(=O)O)cc(-c3ccccc3)cc2c1C(F)(F)F. The summed E-state index contributed by atoms with van der Waals surface area (Å²) in [6.07, 6.45) is -4.66. The van der Waals surface area contributed by atoms with E-state index in [1.807, 2.05) is 0 Å². The Morgan fingerprint density at radius 2 is 1.73 bits per heavy atom. The highest BCUT2D eigenvalue weighted by Gasteiger charge is 2.37.